The van der Waals surface area contributed by atoms with E-state index >= 15 is 0 Å². The number of aliphatic hydroxyl groups is 1. The van der Waals surface area contributed by atoms with E-state index in [0.29, 0.717) is 12.1 Å². The zero-order chi connectivity index (χ0) is 13.5. The first-order chi connectivity index (χ1) is 9.14. The molecule has 2 heteroatoms. The average molecular weight is 257 g/mol. The number of hydrogen-bond donors (Lipinski definition) is 1. The van der Waals surface area contributed by atoms with Crippen LogP contribution in [-0.2, 0) is 5.60 Å². The smallest absolute Gasteiger partial charge is 0.0932 e. The summed E-state index contributed by atoms with van der Waals surface area (Å²) in [5, 5.41) is 11.2. The van der Waals surface area contributed by atoms with Gasteiger partial charge in [-0.15, -0.1) is 0 Å². The van der Waals surface area contributed by atoms with E-state index in [4.69, 9.17) is 0 Å². The van der Waals surface area contributed by atoms with Gasteiger partial charge in [-0.25, -0.2) is 0 Å². The summed E-state index contributed by atoms with van der Waals surface area (Å²) in [6.07, 6.45) is 7.30. The van der Waals surface area contributed by atoms with Crippen LogP contribution in [0.1, 0.15) is 43.2 Å². The van der Waals surface area contributed by atoms with E-state index < -0.39 is 5.60 Å². The maximum Gasteiger partial charge on any atom is 0.0932 e. The van der Waals surface area contributed by atoms with Crippen LogP contribution in [0.2, 0.25) is 0 Å². The summed E-state index contributed by atoms with van der Waals surface area (Å²) < 4.78 is 0. The molecule has 2 aliphatic heterocycles. The Morgan fingerprint density at radius 2 is 1.89 bits per heavy atom. The molecule has 0 aromatic heterocycles. The Kier molecular flexibility index (Phi) is 3.23. The Morgan fingerprint density at radius 1 is 1.26 bits per heavy atom. The van der Waals surface area contributed by atoms with E-state index in [2.05, 4.69) is 30.7 Å². The normalized spacial score (nSPS) is 35.1. The molecule has 102 valence electrons. The first-order valence-corrected chi connectivity index (χ1v) is 7.30. The summed E-state index contributed by atoms with van der Waals surface area (Å²) in [6.45, 7) is 3.88. The SMILES string of the molecule is C=Cc1ccccc1C1(O)CC2CCCC(C1)N2C. The van der Waals surface area contributed by atoms with E-state index in [1.165, 1.54) is 19.3 Å². The lowest BCUT2D eigenvalue weighted by Gasteiger charge is -2.51. The van der Waals surface area contributed by atoms with Crippen LogP contribution in [0.3, 0.4) is 0 Å². The molecule has 0 spiro atoms. The van der Waals surface area contributed by atoms with Crippen molar-refractivity contribution >= 4 is 6.08 Å². The van der Waals surface area contributed by atoms with Gasteiger partial charge in [0, 0.05) is 12.1 Å². The van der Waals surface area contributed by atoms with Crippen molar-refractivity contribution < 1.29 is 5.11 Å². The zero-order valence-corrected chi connectivity index (χ0v) is 11.7. The molecule has 0 saturated carbocycles. The molecule has 2 fully saturated rings. The molecule has 0 amide bonds. The van der Waals surface area contributed by atoms with Crippen LogP contribution in [0.25, 0.3) is 6.08 Å². The standard InChI is InChI=1S/C17H23NO/c1-3-13-7-4-5-10-16(13)17(19)11-14-8-6-9-15(12-17)18(14)2/h3-5,7,10,14-15,19H,1,6,8-9,11-12H2,2H3. The van der Waals surface area contributed by atoms with E-state index in [1.807, 2.05) is 18.2 Å². The van der Waals surface area contributed by atoms with Gasteiger partial charge in [0.15, 0.2) is 0 Å². The van der Waals surface area contributed by atoms with Gasteiger partial charge in [-0.3, -0.25) is 0 Å². The van der Waals surface area contributed by atoms with Crippen molar-refractivity contribution in [3.05, 3.63) is 42.0 Å². The molecular weight excluding hydrogens is 234 g/mol. The lowest BCUT2D eigenvalue weighted by atomic mass is 9.72. The Labute approximate surface area is 115 Å². The lowest BCUT2D eigenvalue weighted by Crippen LogP contribution is -2.55. The van der Waals surface area contributed by atoms with Crippen molar-refractivity contribution in [2.24, 2.45) is 0 Å². The summed E-state index contributed by atoms with van der Waals surface area (Å²) in [7, 11) is 2.22. The van der Waals surface area contributed by atoms with Gasteiger partial charge >= 0.3 is 0 Å². The molecule has 2 bridgehead atoms. The fourth-order valence-electron chi connectivity index (χ4n) is 3.97. The van der Waals surface area contributed by atoms with Crippen LogP contribution in [0.15, 0.2) is 30.8 Å². The summed E-state index contributed by atoms with van der Waals surface area (Å²) in [4.78, 5) is 2.48. The molecule has 1 aromatic carbocycles. The van der Waals surface area contributed by atoms with Gasteiger partial charge in [0.25, 0.3) is 0 Å². The van der Waals surface area contributed by atoms with Crippen molar-refractivity contribution in [1.29, 1.82) is 0 Å². The number of rotatable bonds is 2. The Morgan fingerprint density at radius 3 is 2.53 bits per heavy atom. The van der Waals surface area contributed by atoms with Gasteiger partial charge in [0.1, 0.15) is 0 Å². The third-order valence-corrected chi connectivity index (χ3v) is 5.06. The number of piperidine rings is 2. The van der Waals surface area contributed by atoms with Gasteiger partial charge < -0.3 is 10.0 Å². The molecule has 2 aliphatic rings. The number of fused-ring (bicyclic) bond motifs is 2. The predicted molar refractivity (Wildman–Crippen MR) is 78.9 cm³/mol. The molecule has 0 aliphatic carbocycles. The van der Waals surface area contributed by atoms with Crippen LogP contribution < -0.4 is 0 Å². The Bertz CT molecular complexity index is 468. The Balaban J connectivity index is 1.97. The molecule has 2 atom stereocenters. The molecule has 0 radical (unpaired) electrons. The Hall–Kier alpha value is -1.12. The van der Waals surface area contributed by atoms with E-state index in [0.717, 1.165) is 24.0 Å². The zero-order valence-electron chi connectivity index (χ0n) is 11.7. The van der Waals surface area contributed by atoms with Gasteiger partial charge in [0.05, 0.1) is 5.60 Å². The fourth-order valence-corrected chi connectivity index (χ4v) is 3.97. The third kappa shape index (κ3) is 2.13. The molecule has 3 rings (SSSR count). The van der Waals surface area contributed by atoms with Crippen LogP contribution in [0, 0.1) is 0 Å². The molecule has 1 N–H and O–H groups in total. The number of nitrogens with zero attached hydrogens (tertiary/aromatic N) is 1. The second kappa shape index (κ2) is 4.77. The third-order valence-electron chi connectivity index (χ3n) is 5.06. The van der Waals surface area contributed by atoms with E-state index in [-0.39, 0.29) is 0 Å². The van der Waals surface area contributed by atoms with Gasteiger partial charge in [-0.1, -0.05) is 43.3 Å². The van der Waals surface area contributed by atoms with Crippen LogP contribution in [-0.4, -0.2) is 29.1 Å². The summed E-state index contributed by atoms with van der Waals surface area (Å²) in [5.41, 5.74) is 1.47. The molecular formula is C17H23NO. The molecule has 2 nitrogen and oxygen atoms in total. The second-order valence-corrected chi connectivity index (χ2v) is 6.14. The number of benzene rings is 1. The van der Waals surface area contributed by atoms with Crippen molar-refractivity contribution in [3.8, 4) is 0 Å². The van der Waals surface area contributed by atoms with E-state index in [1.54, 1.807) is 0 Å². The van der Waals surface area contributed by atoms with Crippen LogP contribution in [0.5, 0.6) is 0 Å². The first-order valence-electron chi connectivity index (χ1n) is 7.30. The quantitative estimate of drug-likeness (QED) is 0.879. The molecule has 2 saturated heterocycles. The van der Waals surface area contributed by atoms with Crippen molar-refractivity contribution in [1.82, 2.24) is 4.90 Å². The second-order valence-electron chi connectivity index (χ2n) is 6.14. The predicted octanol–water partition coefficient (Wildman–Crippen LogP) is 3.16. The van der Waals surface area contributed by atoms with Crippen molar-refractivity contribution in [2.75, 3.05) is 7.05 Å². The maximum absolute atomic E-state index is 11.2. The fraction of sp³-hybridized carbons (Fsp3) is 0.529. The maximum atomic E-state index is 11.2. The minimum absolute atomic E-state index is 0.523. The monoisotopic (exact) mass is 257 g/mol. The van der Waals surface area contributed by atoms with Crippen molar-refractivity contribution in [3.63, 3.8) is 0 Å². The number of hydrogen-bond acceptors (Lipinski definition) is 2. The minimum atomic E-state index is -0.674. The molecule has 1 aromatic rings. The minimum Gasteiger partial charge on any atom is -0.385 e. The summed E-state index contributed by atoms with van der Waals surface area (Å²) >= 11 is 0. The van der Waals surface area contributed by atoms with Crippen LogP contribution >= 0.6 is 0 Å². The summed E-state index contributed by atoms with van der Waals surface area (Å²) in [6, 6.07) is 9.20. The van der Waals surface area contributed by atoms with Crippen molar-refractivity contribution in [2.45, 2.75) is 49.8 Å². The molecule has 19 heavy (non-hydrogen) atoms. The first kappa shape index (κ1) is 12.9. The van der Waals surface area contributed by atoms with Gasteiger partial charge in [-0.05, 0) is 43.9 Å². The highest BCUT2D eigenvalue weighted by Crippen LogP contribution is 2.44. The van der Waals surface area contributed by atoms with Gasteiger partial charge in [-0.2, -0.15) is 0 Å². The highest BCUT2D eigenvalue weighted by Gasteiger charge is 2.45. The van der Waals surface area contributed by atoms with Crippen LogP contribution in [0.4, 0.5) is 0 Å². The highest BCUT2D eigenvalue weighted by atomic mass is 16.3. The lowest BCUT2D eigenvalue weighted by molar-refractivity contribution is -0.0875. The molecule has 2 heterocycles. The highest BCUT2D eigenvalue weighted by molar-refractivity contribution is 5.54. The topological polar surface area (TPSA) is 23.5 Å². The average Bonchev–Trinajstić information content (AvgIpc) is 2.41. The summed E-state index contributed by atoms with van der Waals surface area (Å²) in [5.74, 6) is 0. The van der Waals surface area contributed by atoms with E-state index in [9.17, 15) is 5.11 Å². The molecule has 2 unspecified atom stereocenters. The van der Waals surface area contributed by atoms with Gasteiger partial charge in [0.2, 0.25) is 0 Å². The largest absolute Gasteiger partial charge is 0.385 e.